The summed E-state index contributed by atoms with van der Waals surface area (Å²) in [7, 11) is 4.02. The molecule has 0 unspecified atom stereocenters. The molecule has 2 N–H and O–H groups in total. The van der Waals surface area contributed by atoms with Crippen LogP contribution in [-0.4, -0.2) is 66.1 Å². The van der Waals surface area contributed by atoms with Crippen LogP contribution in [0.3, 0.4) is 0 Å². The highest BCUT2D eigenvalue weighted by molar-refractivity contribution is 5.93. The van der Waals surface area contributed by atoms with Crippen LogP contribution < -0.4 is 15.4 Å². The van der Waals surface area contributed by atoms with Gasteiger partial charge >= 0.3 is 0 Å². The second kappa shape index (κ2) is 9.66. The fourth-order valence-electron chi connectivity index (χ4n) is 3.34. The highest BCUT2D eigenvalue weighted by Gasteiger charge is 2.22. The average Bonchev–Trinajstić information content (AvgIpc) is 3.09. The van der Waals surface area contributed by atoms with Gasteiger partial charge in [-0.15, -0.1) is 5.10 Å². The SMILES string of the molecule is Cc1c(C(=O)NCc2ccccc2OCCN(C)C)nnn1C1CCNCC1. The maximum Gasteiger partial charge on any atom is 0.274 e. The number of hydrogen-bond acceptors (Lipinski definition) is 6. The molecule has 8 nitrogen and oxygen atoms in total. The van der Waals surface area contributed by atoms with E-state index in [0.717, 1.165) is 49.5 Å². The molecule has 3 rings (SSSR count). The Hall–Kier alpha value is -2.45. The molecule has 8 heteroatoms. The van der Waals surface area contributed by atoms with E-state index in [1.165, 1.54) is 0 Å². The van der Waals surface area contributed by atoms with Crippen molar-refractivity contribution in [3.8, 4) is 5.75 Å². The Morgan fingerprint density at radius 1 is 1.32 bits per heavy atom. The fourth-order valence-corrected chi connectivity index (χ4v) is 3.34. The van der Waals surface area contributed by atoms with Gasteiger partial charge in [-0.05, 0) is 53.0 Å². The van der Waals surface area contributed by atoms with E-state index < -0.39 is 0 Å². The van der Waals surface area contributed by atoms with Gasteiger partial charge in [0.1, 0.15) is 12.4 Å². The number of ether oxygens (including phenoxy) is 1. The van der Waals surface area contributed by atoms with Crippen LogP contribution in [0, 0.1) is 6.92 Å². The number of amides is 1. The van der Waals surface area contributed by atoms with Crippen LogP contribution in [0.15, 0.2) is 24.3 Å². The van der Waals surface area contributed by atoms with E-state index in [4.69, 9.17) is 4.74 Å². The van der Waals surface area contributed by atoms with Crippen molar-refractivity contribution in [1.82, 2.24) is 30.5 Å². The van der Waals surface area contributed by atoms with Gasteiger partial charge in [0.05, 0.1) is 11.7 Å². The lowest BCUT2D eigenvalue weighted by atomic mass is 10.1. The van der Waals surface area contributed by atoms with Gasteiger partial charge in [-0.3, -0.25) is 4.79 Å². The summed E-state index contributed by atoms with van der Waals surface area (Å²) in [5.74, 6) is 0.584. The summed E-state index contributed by atoms with van der Waals surface area (Å²) in [5, 5.41) is 14.7. The number of carbonyl (C=O) groups is 1. The molecule has 152 valence electrons. The second-order valence-electron chi connectivity index (χ2n) is 7.39. The molecule has 1 aromatic heterocycles. The van der Waals surface area contributed by atoms with Crippen molar-refractivity contribution in [3.63, 3.8) is 0 Å². The Morgan fingerprint density at radius 2 is 2.07 bits per heavy atom. The number of likely N-dealkylation sites (N-methyl/N-ethyl adjacent to an activating group) is 1. The van der Waals surface area contributed by atoms with Crippen LogP contribution in [0.2, 0.25) is 0 Å². The number of benzene rings is 1. The lowest BCUT2D eigenvalue weighted by molar-refractivity contribution is 0.0945. The van der Waals surface area contributed by atoms with Crippen LogP contribution >= 0.6 is 0 Å². The molecule has 2 aromatic rings. The monoisotopic (exact) mass is 386 g/mol. The molecule has 1 fully saturated rings. The van der Waals surface area contributed by atoms with E-state index in [2.05, 4.69) is 25.8 Å². The third kappa shape index (κ3) is 5.08. The maximum absolute atomic E-state index is 12.7. The summed E-state index contributed by atoms with van der Waals surface area (Å²) in [6.07, 6.45) is 2.01. The molecule has 0 atom stereocenters. The lowest BCUT2D eigenvalue weighted by Crippen LogP contribution is -2.30. The molecular weight excluding hydrogens is 356 g/mol. The molecule has 0 spiro atoms. The average molecular weight is 387 g/mol. The Kier molecular flexibility index (Phi) is 7.00. The zero-order valence-corrected chi connectivity index (χ0v) is 16.9. The van der Waals surface area contributed by atoms with Crippen LogP contribution in [0.4, 0.5) is 0 Å². The molecule has 0 aliphatic carbocycles. The van der Waals surface area contributed by atoms with Crippen LogP contribution in [0.1, 0.15) is 40.6 Å². The van der Waals surface area contributed by atoms with Crippen molar-refractivity contribution in [3.05, 3.63) is 41.2 Å². The molecule has 1 aliphatic rings. The first-order valence-electron chi connectivity index (χ1n) is 9.82. The number of nitrogens with one attached hydrogen (secondary N) is 2. The quantitative estimate of drug-likeness (QED) is 0.713. The van der Waals surface area contributed by atoms with Crippen molar-refractivity contribution in [2.24, 2.45) is 0 Å². The van der Waals surface area contributed by atoms with E-state index in [1.54, 1.807) is 0 Å². The van der Waals surface area contributed by atoms with Crippen molar-refractivity contribution < 1.29 is 9.53 Å². The Labute approximate surface area is 166 Å². The van der Waals surface area contributed by atoms with Crippen molar-refractivity contribution >= 4 is 5.91 Å². The first-order valence-corrected chi connectivity index (χ1v) is 9.82. The van der Waals surface area contributed by atoms with Gasteiger partial charge in [-0.1, -0.05) is 23.4 Å². The third-order valence-electron chi connectivity index (χ3n) is 5.01. The predicted molar refractivity (Wildman–Crippen MR) is 108 cm³/mol. The molecule has 28 heavy (non-hydrogen) atoms. The Balaban J connectivity index is 1.61. The van der Waals surface area contributed by atoms with Crippen molar-refractivity contribution in [1.29, 1.82) is 0 Å². The van der Waals surface area contributed by atoms with Gasteiger partial charge in [0, 0.05) is 18.7 Å². The van der Waals surface area contributed by atoms with E-state index in [9.17, 15) is 4.79 Å². The van der Waals surface area contributed by atoms with Crippen LogP contribution in [0.5, 0.6) is 5.75 Å². The molecule has 0 radical (unpaired) electrons. The summed E-state index contributed by atoms with van der Waals surface area (Å²) in [5.41, 5.74) is 2.16. The number of hydrogen-bond donors (Lipinski definition) is 2. The molecule has 0 bridgehead atoms. The molecule has 0 saturated carbocycles. The highest BCUT2D eigenvalue weighted by Crippen LogP contribution is 2.21. The number of rotatable bonds is 8. The number of nitrogens with zero attached hydrogens (tertiary/aromatic N) is 4. The Bertz CT molecular complexity index is 783. The Morgan fingerprint density at radius 3 is 2.82 bits per heavy atom. The van der Waals surface area contributed by atoms with Crippen LogP contribution in [0.25, 0.3) is 0 Å². The third-order valence-corrected chi connectivity index (χ3v) is 5.01. The topological polar surface area (TPSA) is 84.3 Å². The number of aromatic nitrogens is 3. The smallest absolute Gasteiger partial charge is 0.274 e. The summed E-state index contributed by atoms with van der Waals surface area (Å²) in [6, 6.07) is 8.07. The minimum atomic E-state index is -0.208. The molecule has 1 aromatic carbocycles. The van der Waals surface area contributed by atoms with Crippen molar-refractivity contribution in [2.45, 2.75) is 32.4 Å². The fraction of sp³-hybridized carbons (Fsp3) is 0.550. The van der Waals surface area contributed by atoms with E-state index in [1.807, 2.05) is 50.0 Å². The molecule has 1 saturated heterocycles. The normalized spacial score (nSPS) is 15.0. The van der Waals surface area contributed by atoms with Crippen molar-refractivity contribution in [2.75, 3.05) is 40.3 Å². The number of para-hydroxylation sites is 1. The van der Waals surface area contributed by atoms with Gasteiger partial charge in [-0.25, -0.2) is 4.68 Å². The van der Waals surface area contributed by atoms with Gasteiger partial charge in [0.25, 0.3) is 5.91 Å². The zero-order chi connectivity index (χ0) is 19.9. The number of piperidine rings is 1. The molecule has 1 amide bonds. The summed E-state index contributed by atoms with van der Waals surface area (Å²) >= 11 is 0. The number of carbonyl (C=O) groups excluding carboxylic acids is 1. The minimum absolute atomic E-state index is 0.208. The summed E-state index contributed by atoms with van der Waals surface area (Å²) in [6.45, 7) is 5.67. The second-order valence-corrected chi connectivity index (χ2v) is 7.39. The van der Waals surface area contributed by atoms with Gasteiger partial charge in [0.15, 0.2) is 5.69 Å². The molecule has 2 heterocycles. The summed E-state index contributed by atoms with van der Waals surface area (Å²) < 4.78 is 7.76. The molecular formula is C20H30N6O2. The highest BCUT2D eigenvalue weighted by atomic mass is 16.5. The largest absolute Gasteiger partial charge is 0.492 e. The van der Waals surface area contributed by atoms with E-state index in [-0.39, 0.29) is 5.91 Å². The van der Waals surface area contributed by atoms with E-state index >= 15 is 0 Å². The first kappa shape index (κ1) is 20.3. The van der Waals surface area contributed by atoms with Gasteiger partial charge in [-0.2, -0.15) is 0 Å². The lowest BCUT2D eigenvalue weighted by Gasteiger charge is -2.23. The molecule has 1 aliphatic heterocycles. The minimum Gasteiger partial charge on any atom is -0.492 e. The predicted octanol–water partition coefficient (Wildman–Crippen LogP) is 1.38. The summed E-state index contributed by atoms with van der Waals surface area (Å²) in [4.78, 5) is 14.7. The standard InChI is InChI=1S/C20H30N6O2/c1-15-19(23-24-26(15)17-8-10-21-11-9-17)20(27)22-14-16-6-4-5-7-18(16)28-13-12-25(2)3/h4-7,17,21H,8-14H2,1-3H3,(H,22,27). The van der Waals surface area contributed by atoms with Gasteiger partial charge in [0.2, 0.25) is 0 Å². The van der Waals surface area contributed by atoms with Crippen LogP contribution in [-0.2, 0) is 6.54 Å². The van der Waals surface area contributed by atoms with Gasteiger partial charge < -0.3 is 20.3 Å². The van der Waals surface area contributed by atoms with E-state index in [0.29, 0.717) is 24.9 Å². The first-order chi connectivity index (χ1) is 13.6. The zero-order valence-electron chi connectivity index (χ0n) is 16.9. The maximum atomic E-state index is 12.7.